The van der Waals surface area contributed by atoms with Crippen molar-refractivity contribution in [1.29, 1.82) is 0 Å². The molecular weight excluding hydrogens is 202 g/mol. The molecule has 0 radical (unpaired) electrons. The largest absolute Gasteiger partial charge is 0.378 e. The molecule has 2 rings (SSSR count). The molecule has 2 heterocycles. The van der Waals surface area contributed by atoms with E-state index in [1.54, 1.807) is 6.20 Å². The Kier molecular flexibility index (Phi) is 4.10. The molecule has 16 heavy (non-hydrogen) atoms. The molecule has 1 atom stereocenters. The number of ether oxygens (including phenoxy) is 1. The molecule has 0 amide bonds. The smallest absolute Gasteiger partial charge is 0.222 e. The molecule has 88 valence electrons. The Hall–Kier alpha value is -1.16. The van der Waals surface area contributed by atoms with E-state index in [0.29, 0.717) is 6.10 Å². The summed E-state index contributed by atoms with van der Waals surface area (Å²) >= 11 is 0. The summed E-state index contributed by atoms with van der Waals surface area (Å²) in [7, 11) is 0. The van der Waals surface area contributed by atoms with Crippen molar-refractivity contribution in [3.63, 3.8) is 0 Å². The average Bonchev–Trinajstić information content (AvgIpc) is 2.30. The van der Waals surface area contributed by atoms with Crippen LogP contribution in [0.4, 0.5) is 5.95 Å². The van der Waals surface area contributed by atoms with Gasteiger partial charge in [-0.1, -0.05) is 0 Å². The molecule has 1 aromatic heterocycles. The molecule has 1 unspecified atom stereocenters. The van der Waals surface area contributed by atoms with Crippen LogP contribution >= 0.6 is 0 Å². The highest BCUT2D eigenvalue weighted by Gasteiger charge is 2.12. The van der Waals surface area contributed by atoms with Gasteiger partial charge in [-0.05, 0) is 38.7 Å². The highest BCUT2D eigenvalue weighted by molar-refractivity contribution is 5.24. The van der Waals surface area contributed by atoms with Crippen molar-refractivity contribution in [3.05, 3.63) is 18.0 Å². The molecule has 0 aliphatic carbocycles. The lowest BCUT2D eigenvalue weighted by atomic mass is 10.1. The number of hydrogen-bond acceptors (Lipinski definition) is 4. The second kappa shape index (κ2) is 5.80. The van der Waals surface area contributed by atoms with E-state index < -0.39 is 0 Å². The molecule has 1 saturated heterocycles. The van der Waals surface area contributed by atoms with Crippen LogP contribution in [-0.2, 0) is 4.74 Å². The van der Waals surface area contributed by atoms with Gasteiger partial charge in [0.15, 0.2) is 0 Å². The molecule has 1 N–H and O–H groups in total. The van der Waals surface area contributed by atoms with Crippen LogP contribution in [0.3, 0.4) is 0 Å². The van der Waals surface area contributed by atoms with Crippen molar-refractivity contribution in [2.45, 2.75) is 38.7 Å². The van der Waals surface area contributed by atoms with Crippen LogP contribution in [0.5, 0.6) is 0 Å². The predicted molar refractivity (Wildman–Crippen MR) is 63.5 cm³/mol. The van der Waals surface area contributed by atoms with E-state index in [1.165, 1.54) is 19.3 Å². The SMILES string of the molecule is Cc1ccnc(NCCC2CCCCO2)n1. The Morgan fingerprint density at radius 3 is 3.19 bits per heavy atom. The van der Waals surface area contributed by atoms with Gasteiger partial charge in [0.2, 0.25) is 5.95 Å². The summed E-state index contributed by atoms with van der Waals surface area (Å²) in [6.45, 7) is 3.77. The summed E-state index contributed by atoms with van der Waals surface area (Å²) in [6.07, 6.45) is 6.94. The van der Waals surface area contributed by atoms with Gasteiger partial charge in [-0.3, -0.25) is 0 Å². The van der Waals surface area contributed by atoms with Gasteiger partial charge in [-0.25, -0.2) is 9.97 Å². The third-order valence-electron chi connectivity index (χ3n) is 2.82. The van der Waals surface area contributed by atoms with Gasteiger partial charge in [0.25, 0.3) is 0 Å². The number of nitrogens with one attached hydrogen (secondary N) is 1. The zero-order chi connectivity index (χ0) is 11.2. The summed E-state index contributed by atoms with van der Waals surface area (Å²) in [5.41, 5.74) is 0.992. The highest BCUT2D eigenvalue weighted by atomic mass is 16.5. The molecule has 0 aromatic carbocycles. The van der Waals surface area contributed by atoms with Crippen LogP contribution in [0.1, 0.15) is 31.4 Å². The zero-order valence-electron chi connectivity index (χ0n) is 9.78. The fraction of sp³-hybridized carbons (Fsp3) is 0.667. The van der Waals surface area contributed by atoms with E-state index in [1.807, 2.05) is 13.0 Å². The van der Waals surface area contributed by atoms with Gasteiger partial charge in [0.05, 0.1) is 6.10 Å². The lowest BCUT2D eigenvalue weighted by Crippen LogP contribution is -2.22. The maximum absolute atomic E-state index is 5.66. The topological polar surface area (TPSA) is 47.0 Å². The van der Waals surface area contributed by atoms with Crippen molar-refractivity contribution < 1.29 is 4.74 Å². The number of aryl methyl sites for hydroxylation is 1. The van der Waals surface area contributed by atoms with E-state index in [4.69, 9.17) is 4.74 Å². The molecule has 1 aromatic rings. The quantitative estimate of drug-likeness (QED) is 0.846. The van der Waals surface area contributed by atoms with E-state index in [9.17, 15) is 0 Å². The second-order valence-electron chi connectivity index (χ2n) is 4.23. The Bertz CT molecular complexity index is 324. The van der Waals surface area contributed by atoms with Gasteiger partial charge in [0, 0.05) is 25.0 Å². The van der Waals surface area contributed by atoms with Crippen LogP contribution in [0.2, 0.25) is 0 Å². The van der Waals surface area contributed by atoms with E-state index in [-0.39, 0.29) is 0 Å². The standard InChI is InChI=1S/C12H19N3O/c1-10-5-7-13-12(15-10)14-8-6-11-4-2-3-9-16-11/h5,7,11H,2-4,6,8-9H2,1H3,(H,13,14,15). The summed E-state index contributed by atoms with van der Waals surface area (Å²) in [5.74, 6) is 0.718. The maximum atomic E-state index is 5.66. The summed E-state index contributed by atoms with van der Waals surface area (Å²) in [5, 5.41) is 3.23. The van der Waals surface area contributed by atoms with E-state index >= 15 is 0 Å². The van der Waals surface area contributed by atoms with Crippen LogP contribution in [-0.4, -0.2) is 29.2 Å². The summed E-state index contributed by atoms with van der Waals surface area (Å²) in [6, 6.07) is 1.90. The molecular formula is C12H19N3O. The fourth-order valence-corrected chi connectivity index (χ4v) is 1.91. The first kappa shape index (κ1) is 11.3. The first-order valence-electron chi connectivity index (χ1n) is 6.00. The number of nitrogens with zero attached hydrogens (tertiary/aromatic N) is 2. The molecule has 0 saturated carbocycles. The van der Waals surface area contributed by atoms with Crippen molar-refractivity contribution >= 4 is 5.95 Å². The minimum atomic E-state index is 0.422. The van der Waals surface area contributed by atoms with Crippen molar-refractivity contribution in [2.24, 2.45) is 0 Å². The first-order valence-corrected chi connectivity index (χ1v) is 6.00. The molecule has 1 aliphatic rings. The van der Waals surface area contributed by atoms with Gasteiger partial charge in [-0.15, -0.1) is 0 Å². The van der Waals surface area contributed by atoms with Crippen molar-refractivity contribution in [1.82, 2.24) is 9.97 Å². The fourth-order valence-electron chi connectivity index (χ4n) is 1.91. The Balaban J connectivity index is 1.71. The number of rotatable bonds is 4. The molecule has 0 bridgehead atoms. The second-order valence-corrected chi connectivity index (χ2v) is 4.23. The van der Waals surface area contributed by atoms with Crippen LogP contribution < -0.4 is 5.32 Å². The minimum Gasteiger partial charge on any atom is -0.378 e. The molecule has 4 heteroatoms. The van der Waals surface area contributed by atoms with E-state index in [0.717, 1.165) is 31.2 Å². The van der Waals surface area contributed by atoms with Crippen LogP contribution in [0.25, 0.3) is 0 Å². The third kappa shape index (κ3) is 3.45. The van der Waals surface area contributed by atoms with Crippen LogP contribution in [0.15, 0.2) is 12.3 Å². The number of aromatic nitrogens is 2. The molecule has 1 fully saturated rings. The predicted octanol–water partition coefficient (Wildman–Crippen LogP) is 2.16. The Labute approximate surface area is 96.4 Å². The van der Waals surface area contributed by atoms with Gasteiger partial charge in [-0.2, -0.15) is 0 Å². The van der Waals surface area contributed by atoms with Crippen molar-refractivity contribution in [3.8, 4) is 0 Å². The molecule has 1 aliphatic heterocycles. The monoisotopic (exact) mass is 221 g/mol. The Morgan fingerprint density at radius 2 is 2.44 bits per heavy atom. The average molecular weight is 221 g/mol. The van der Waals surface area contributed by atoms with E-state index in [2.05, 4.69) is 15.3 Å². The van der Waals surface area contributed by atoms with Crippen LogP contribution in [0, 0.1) is 6.92 Å². The summed E-state index contributed by atoms with van der Waals surface area (Å²) in [4.78, 5) is 8.45. The maximum Gasteiger partial charge on any atom is 0.222 e. The molecule has 4 nitrogen and oxygen atoms in total. The number of anilines is 1. The van der Waals surface area contributed by atoms with Gasteiger partial charge < -0.3 is 10.1 Å². The lowest BCUT2D eigenvalue weighted by molar-refractivity contribution is 0.0134. The Morgan fingerprint density at radius 1 is 1.50 bits per heavy atom. The summed E-state index contributed by atoms with van der Waals surface area (Å²) < 4.78 is 5.66. The van der Waals surface area contributed by atoms with Crippen molar-refractivity contribution in [2.75, 3.05) is 18.5 Å². The first-order chi connectivity index (χ1) is 7.84. The lowest BCUT2D eigenvalue weighted by Gasteiger charge is -2.22. The normalized spacial score (nSPS) is 20.7. The highest BCUT2D eigenvalue weighted by Crippen LogP contribution is 2.15. The van der Waals surface area contributed by atoms with Gasteiger partial charge >= 0.3 is 0 Å². The van der Waals surface area contributed by atoms with Gasteiger partial charge in [0.1, 0.15) is 0 Å². The zero-order valence-corrected chi connectivity index (χ0v) is 9.78. The number of hydrogen-bond donors (Lipinski definition) is 1. The minimum absolute atomic E-state index is 0.422. The third-order valence-corrected chi connectivity index (χ3v) is 2.82. The molecule has 0 spiro atoms.